The lowest BCUT2D eigenvalue weighted by atomic mass is 10.4. The minimum atomic E-state index is -0.718. The number of hydrogen-bond donors (Lipinski definition) is 1. The van der Waals surface area contributed by atoms with Gasteiger partial charge in [-0.3, -0.25) is 9.59 Å². The van der Waals surface area contributed by atoms with E-state index < -0.39 is 11.8 Å². The van der Waals surface area contributed by atoms with Gasteiger partial charge in [0.2, 0.25) is 0 Å². The third-order valence-corrected chi connectivity index (χ3v) is 2.31. The Balaban J connectivity index is 2.46. The highest BCUT2D eigenvalue weighted by Gasteiger charge is 2.34. The second-order valence-electron chi connectivity index (χ2n) is 3.56. The Hall–Kier alpha value is -1.61. The van der Waals surface area contributed by atoms with Crippen LogP contribution in [0.1, 0.15) is 12.8 Å². The van der Waals surface area contributed by atoms with E-state index in [-0.39, 0.29) is 12.6 Å². The first-order chi connectivity index (χ1) is 7.70. The molecule has 1 aliphatic carbocycles. The molecule has 6 heteroatoms. The summed E-state index contributed by atoms with van der Waals surface area (Å²) in [5, 5.41) is 10.5. The van der Waals surface area contributed by atoms with E-state index in [1.165, 1.54) is 4.90 Å². The number of ether oxygens (including phenoxy) is 1. The van der Waals surface area contributed by atoms with E-state index in [2.05, 4.69) is 5.32 Å². The molecule has 2 amide bonds. The number of amides is 2. The third kappa shape index (κ3) is 3.51. The second kappa shape index (κ2) is 6.08. The Morgan fingerprint density at radius 1 is 1.56 bits per heavy atom. The highest BCUT2D eigenvalue weighted by atomic mass is 16.5. The number of hydrogen-bond acceptors (Lipinski definition) is 4. The molecule has 0 radical (unpaired) electrons. The van der Waals surface area contributed by atoms with Crippen molar-refractivity contribution in [3.63, 3.8) is 0 Å². The topological polar surface area (TPSA) is 82.4 Å². The number of nitrogens with one attached hydrogen (secondary N) is 1. The molecule has 1 saturated carbocycles. The first kappa shape index (κ1) is 12.5. The number of methoxy groups -OCH3 is 1. The SMILES string of the molecule is COCCN(C(=O)C(=O)NCC#N)C1CC1. The van der Waals surface area contributed by atoms with Crippen molar-refractivity contribution in [2.45, 2.75) is 18.9 Å². The molecule has 0 unspecified atom stereocenters. The summed E-state index contributed by atoms with van der Waals surface area (Å²) in [5.41, 5.74) is 0. The van der Waals surface area contributed by atoms with E-state index in [0.717, 1.165) is 12.8 Å². The first-order valence-corrected chi connectivity index (χ1v) is 5.15. The van der Waals surface area contributed by atoms with Crippen LogP contribution in [-0.4, -0.2) is 49.6 Å². The third-order valence-electron chi connectivity index (χ3n) is 2.31. The van der Waals surface area contributed by atoms with Gasteiger partial charge in [0, 0.05) is 19.7 Å². The molecule has 1 fully saturated rings. The standard InChI is InChI=1S/C10H15N3O3/c1-16-7-6-13(8-2-3-8)10(15)9(14)12-5-4-11/h8H,2-3,5-7H2,1H3,(H,12,14). The number of carbonyl (C=O) groups excluding carboxylic acids is 2. The fourth-order valence-electron chi connectivity index (χ4n) is 1.35. The molecule has 16 heavy (non-hydrogen) atoms. The highest BCUT2D eigenvalue weighted by molar-refractivity contribution is 6.35. The lowest BCUT2D eigenvalue weighted by Gasteiger charge is -2.20. The van der Waals surface area contributed by atoms with Gasteiger partial charge in [0.1, 0.15) is 6.54 Å². The molecule has 0 atom stereocenters. The summed E-state index contributed by atoms with van der Waals surface area (Å²) in [6.45, 7) is 0.682. The number of carbonyl (C=O) groups is 2. The van der Waals surface area contributed by atoms with Crippen molar-refractivity contribution in [1.29, 1.82) is 5.26 Å². The van der Waals surface area contributed by atoms with E-state index in [1.54, 1.807) is 13.2 Å². The maximum Gasteiger partial charge on any atom is 0.312 e. The molecule has 1 aliphatic rings. The van der Waals surface area contributed by atoms with Gasteiger partial charge in [-0.1, -0.05) is 0 Å². The number of nitrogens with zero attached hydrogens (tertiary/aromatic N) is 2. The van der Waals surface area contributed by atoms with Gasteiger partial charge in [-0.2, -0.15) is 5.26 Å². The van der Waals surface area contributed by atoms with Gasteiger partial charge in [-0.15, -0.1) is 0 Å². The molecule has 0 aromatic carbocycles. The largest absolute Gasteiger partial charge is 0.383 e. The van der Waals surface area contributed by atoms with Crippen LogP contribution in [0.25, 0.3) is 0 Å². The van der Waals surface area contributed by atoms with Crippen molar-refractivity contribution in [3.8, 4) is 6.07 Å². The summed E-state index contributed by atoms with van der Waals surface area (Å²) in [6.07, 6.45) is 1.86. The Morgan fingerprint density at radius 3 is 2.75 bits per heavy atom. The fourth-order valence-corrected chi connectivity index (χ4v) is 1.35. The second-order valence-corrected chi connectivity index (χ2v) is 3.56. The van der Waals surface area contributed by atoms with Gasteiger partial charge in [-0.25, -0.2) is 0 Å². The van der Waals surface area contributed by atoms with Crippen LogP contribution in [0.3, 0.4) is 0 Å². The number of nitriles is 1. The molecule has 88 valence electrons. The Kier molecular flexibility index (Phi) is 4.73. The van der Waals surface area contributed by atoms with Crippen molar-refractivity contribution >= 4 is 11.8 Å². The van der Waals surface area contributed by atoms with Gasteiger partial charge >= 0.3 is 11.8 Å². The molecule has 1 N–H and O–H groups in total. The van der Waals surface area contributed by atoms with Crippen molar-refractivity contribution in [1.82, 2.24) is 10.2 Å². The molecule has 0 spiro atoms. The summed E-state index contributed by atoms with van der Waals surface area (Å²) in [7, 11) is 1.55. The van der Waals surface area contributed by atoms with Crippen molar-refractivity contribution < 1.29 is 14.3 Å². The van der Waals surface area contributed by atoms with Crippen LogP contribution >= 0.6 is 0 Å². The zero-order valence-electron chi connectivity index (χ0n) is 9.23. The van der Waals surface area contributed by atoms with Gasteiger partial charge in [0.25, 0.3) is 0 Å². The van der Waals surface area contributed by atoms with E-state index in [0.29, 0.717) is 13.2 Å². The van der Waals surface area contributed by atoms with Crippen LogP contribution in [0.2, 0.25) is 0 Å². The summed E-state index contributed by atoms with van der Waals surface area (Å²) in [6, 6.07) is 1.92. The fraction of sp³-hybridized carbons (Fsp3) is 0.700. The minimum Gasteiger partial charge on any atom is -0.383 e. The molecule has 6 nitrogen and oxygen atoms in total. The zero-order chi connectivity index (χ0) is 12.0. The lowest BCUT2D eigenvalue weighted by Crippen LogP contribution is -2.45. The molecular formula is C10H15N3O3. The Labute approximate surface area is 94.2 Å². The van der Waals surface area contributed by atoms with Crippen LogP contribution in [0.15, 0.2) is 0 Å². The summed E-state index contributed by atoms with van der Waals surface area (Å²) < 4.78 is 4.88. The zero-order valence-corrected chi connectivity index (χ0v) is 9.23. The van der Waals surface area contributed by atoms with Crippen molar-refractivity contribution in [2.75, 3.05) is 26.8 Å². The van der Waals surface area contributed by atoms with Gasteiger partial charge < -0.3 is 15.0 Å². The Bertz CT molecular complexity index is 307. The normalized spacial score (nSPS) is 14.0. The number of rotatable bonds is 5. The van der Waals surface area contributed by atoms with E-state index >= 15 is 0 Å². The summed E-state index contributed by atoms with van der Waals surface area (Å²) >= 11 is 0. The Morgan fingerprint density at radius 2 is 2.25 bits per heavy atom. The first-order valence-electron chi connectivity index (χ1n) is 5.15. The van der Waals surface area contributed by atoms with Crippen molar-refractivity contribution in [2.24, 2.45) is 0 Å². The van der Waals surface area contributed by atoms with Gasteiger partial charge in [0.05, 0.1) is 12.7 Å². The molecule has 1 rings (SSSR count). The van der Waals surface area contributed by atoms with Crippen LogP contribution in [0, 0.1) is 11.3 Å². The van der Waals surface area contributed by atoms with E-state index in [4.69, 9.17) is 10.00 Å². The van der Waals surface area contributed by atoms with Crippen LogP contribution in [-0.2, 0) is 14.3 Å². The molecular weight excluding hydrogens is 210 g/mol. The molecule has 0 heterocycles. The van der Waals surface area contributed by atoms with Gasteiger partial charge in [-0.05, 0) is 12.8 Å². The minimum absolute atomic E-state index is 0.145. The summed E-state index contributed by atoms with van der Waals surface area (Å²) in [5.74, 6) is -1.29. The monoisotopic (exact) mass is 225 g/mol. The molecule has 0 aromatic rings. The lowest BCUT2D eigenvalue weighted by molar-refractivity contribution is -0.146. The maximum atomic E-state index is 11.7. The highest BCUT2D eigenvalue weighted by Crippen LogP contribution is 2.26. The summed E-state index contributed by atoms with van der Waals surface area (Å²) in [4.78, 5) is 24.5. The smallest absolute Gasteiger partial charge is 0.312 e. The average molecular weight is 225 g/mol. The van der Waals surface area contributed by atoms with Crippen molar-refractivity contribution in [3.05, 3.63) is 0 Å². The van der Waals surface area contributed by atoms with E-state index in [1.807, 2.05) is 0 Å². The average Bonchev–Trinajstić information content (AvgIpc) is 3.10. The molecule has 0 aromatic heterocycles. The van der Waals surface area contributed by atoms with Crippen LogP contribution in [0.5, 0.6) is 0 Å². The predicted octanol–water partition coefficient (Wildman–Crippen LogP) is -0.736. The van der Waals surface area contributed by atoms with Gasteiger partial charge in [0.15, 0.2) is 0 Å². The maximum absolute atomic E-state index is 11.7. The quantitative estimate of drug-likeness (QED) is 0.493. The van der Waals surface area contributed by atoms with Crippen LogP contribution in [0.4, 0.5) is 0 Å². The molecule has 0 saturated heterocycles. The molecule has 0 bridgehead atoms. The van der Waals surface area contributed by atoms with E-state index in [9.17, 15) is 9.59 Å². The van der Waals surface area contributed by atoms with Crippen LogP contribution < -0.4 is 5.32 Å². The molecule has 0 aliphatic heterocycles. The predicted molar refractivity (Wildman–Crippen MR) is 55.2 cm³/mol.